The highest BCUT2D eigenvalue weighted by molar-refractivity contribution is 5.82. The molecule has 15 heavy (non-hydrogen) atoms. The van der Waals surface area contributed by atoms with E-state index in [2.05, 4.69) is 12.2 Å². The molecule has 0 aromatic heterocycles. The van der Waals surface area contributed by atoms with Crippen molar-refractivity contribution in [3.63, 3.8) is 0 Å². The zero-order chi connectivity index (χ0) is 11.6. The van der Waals surface area contributed by atoms with Crippen molar-refractivity contribution in [2.75, 3.05) is 0 Å². The summed E-state index contributed by atoms with van der Waals surface area (Å²) in [5.74, 6) is 0.706. The lowest BCUT2D eigenvalue weighted by Crippen LogP contribution is -2.49. The van der Waals surface area contributed by atoms with E-state index in [-0.39, 0.29) is 11.3 Å². The van der Waals surface area contributed by atoms with Gasteiger partial charge in [-0.15, -0.1) is 0 Å². The van der Waals surface area contributed by atoms with Crippen LogP contribution in [-0.4, -0.2) is 18.0 Å². The van der Waals surface area contributed by atoms with Crippen LogP contribution in [0.2, 0.25) is 0 Å². The molecule has 1 fully saturated rings. The summed E-state index contributed by atoms with van der Waals surface area (Å²) in [7, 11) is 0. The van der Waals surface area contributed by atoms with Crippen LogP contribution in [0.1, 0.15) is 47.0 Å². The summed E-state index contributed by atoms with van der Waals surface area (Å²) < 4.78 is 0. The molecule has 3 nitrogen and oxygen atoms in total. The maximum atomic E-state index is 11.8. The van der Waals surface area contributed by atoms with Crippen LogP contribution in [0.25, 0.3) is 0 Å². The topological polar surface area (TPSA) is 55.1 Å². The molecule has 0 heterocycles. The highest BCUT2D eigenvalue weighted by atomic mass is 16.2. The van der Waals surface area contributed by atoms with Crippen LogP contribution in [0.3, 0.4) is 0 Å². The molecule has 0 radical (unpaired) electrons. The molecule has 3 N–H and O–H groups in total. The van der Waals surface area contributed by atoms with Gasteiger partial charge in [0.2, 0.25) is 5.91 Å². The molecule has 1 aliphatic rings. The van der Waals surface area contributed by atoms with Gasteiger partial charge >= 0.3 is 0 Å². The fraction of sp³-hybridized carbons (Fsp3) is 0.917. The summed E-state index contributed by atoms with van der Waals surface area (Å²) in [6.45, 7) is 8.16. The van der Waals surface area contributed by atoms with E-state index >= 15 is 0 Å². The van der Waals surface area contributed by atoms with Crippen LogP contribution in [0.5, 0.6) is 0 Å². The molecular formula is C12H24N2O. The maximum Gasteiger partial charge on any atom is 0.237 e. The zero-order valence-electron chi connectivity index (χ0n) is 10.3. The van der Waals surface area contributed by atoms with E-state index < -0.39 is 6.04 Å². The molecule has 0 aromatic carbocycles. The van der Waals surface area contributed by atoms with Crippen molar-refractivity contribution < 1.29 is 4.79 Å². The molecule has 3 heteroatoms. The Balaban J connectivity index is 2.32. The first-order valence-electron chi connectivity index (χ1n) is 5.92. The number of carbonyl (C=O) groups is 1. The minimum atomic E-state index is -0.402. The second kappa shape index (κ2) is 4.52. The van der Waals surface area contributed by atoms with E-state index in [9.17, 15) is 4.79 Å². The minimum absolute atomic E-state index is 0.00565. The third-order valence-corrected chi connectivity index (χ3v) is 3.13. The smallest absolute Gasteiger partial charge is 0.237 e. The molecule has 1 aliphatic carbocycles. The van der Waals surface area contributed by atoms with Gasteiger partial charge < -0.3 is 11.1 Å². The number of nitrogens with one attached hydrogen (secondary N) is 1. The number of hydrogen-bond acceptors (Lipinski definition) is 2. The van der Waals surface area contributed by atoms with Gasteiger partial charge in [-0.25, -0.2) is 0 Å². The maximum absolute atomic E-state index is 11.8. The highest BCUT2D eigenvalue weighted by Gasteiger charge is 2.39. The molecule has 3 unspecified atom stereocenters. The Morgan fingerprint density at radius 3 is 2.60 bits per heavy atom. The Hall–Kier alpha value is -0.570. The first-order valence-corrected chi connectivity index (χ1v) is 5.92. The van der Waals surface area contributed by atoms with Gasteiger partial charge in [-0.2, -0.15) is 0 Å². The SMILES string of the molecule is CCCC1CC1NC(=O)C(N)C(C)(C)C. The summed E-state index contributed by atoms with van der Waals surface area (Å²) in [5, 5.41) is 3.03. The van der Waals surface area contributed by atoms with Gasteiger partial charge in [0.25, 0.3) is 0 Å². The number of amides is 1. The predicted octanol–water partition coefficient (Wildman–Crippen LogP) is 1.66. The number of hydrogen-bond donors (Lipinski definition) is 2. The van der Waals surface area contributed by atoms with Crippen LogP contribution in [0, 0.1) is 11.3 Å². The van der Waals surface area contributed by atoms with E-state index in [0.717, 1.165) is 6.42 Å². The zero-order valence-corrected chi connectivity index (χ0v) is 10.3. The number of carbonyl (C=O) groups excluding carboxylic acids is 1. The normalized spacial score (nSPS) is 27.3. The Morgan fingerprint density at radius 2 is 2.13 bits per heavy atom. The van der Waals surface area contributed by atoms with E-state index in [1.165, 1.54) is 12.8 Å². The standard InChI is InChI=1S/C12H24N2O/c1-5-6-8-7-9(8)14-11(15)10(13)12(2,3)4/h8-10H,5-7,13H2,1-4H3,(H,14,15). The monoisotopic (exact) mass is 212 g/mol. The fourth-order valence-corrected chi connectivity index (χ4v) is 1.78. The van der Waals surface area contributed by atoms with Crippen molar-refractivity contribution in [3.8, 4) is 0 Å². The average Bonchev–Trinajstić information content (AvgIpc) is 2.81. The Labute approximate surface area is 92.8 Å². The molecule has 1 saturated carbocycles. The van der Waals surface area contributed by atoms with Gasteiger partial charge in [-0.1, -0.05) is 34.1 Å². The Kier molecular flexibility index (Phi) is 3.77. The molecule has 0 aliphatic heterocycles. The summed E-state index contributed by atoms with van der Waals surface area (Å²) >= 11 is 0. The lowest BCUT2D eigenvalue weighted by Gasteiger charge is -2.25. The van der Waals surface area contributed by atoms with Crippen LogP contribution in [-0.2, 0) is 4.79 Å². The number of nitrogens with two attached hydrogens (primary N) is 1. The minimum Gasteiger partial charge on any atom is -0.352 e. The highest BCUT2D eigenvalue weighted by Crippen LogP contribution is 2.34. The summed E-state index contributed by atoms with van der Waals surface area (Å²) in [6, 6.07) is -0.00812. The Bertz CT molecular complexity index is 232. The van der Waals surface area contributed by atoms with Crippen molar-refractivity contribution in [2.24, 2.45) is 17.1 Å². The second-order valence-electron chi connectivity index (χ2n) is 5.74. The van der Waals surface area contributed by atoms with Crippen molar-refractivity contribution in [2.45, 2.75) is 59.0 Å². The summed E-state index contributed by atoms with van der Waals surface area (Å²) in [5.41, 5.74) is 5.72. The van der Waals surface area contributed by atoms with Crippen LogP contribution in [0.15, 0.2) is 0 Å². The van der Waals surface area contributed by atoms with E-state index in [4.69, 9.17) is 5.73 Å². The van der Waals surface area contributed by atoms with Crippen molar-refractivity contribution in [1.82, 2.24) is 5.32 Å². The van der Waals surface area contributed by atoms with Gasteiger partial charge in [0.1, 0.15) is 0 Å². The van der Waals surface area contributed by atoms with E-state index in [1.807, 2.05) is 20.8 Å². The predicted molar refractivity (Wildman–Crippen MR) is 62.4 cm³/mol. The fourth-order valence-electron chi connectivity index (χ4n) is 1.78. The molecule has 3 atom stereocenters. The van der Waals surface area contributed by atoms with E-state index in [0.29, 0.717) is 12.0 Å². The van der Waals surface area contributed by atoms with Crippen LogP contribution < -0.4 is 11.1 Å². The third kappa shape index (κ3) is 3.49. The molecule has 0 saturated heterocycles. The molecule has 0 aromatic rings. The van der Waals surface area contributed by atoms with Crippen LogP contribution in [0.4, 0.5) is 0 Å². The van der Waals surface area contributed by atoms with Crippen molar-refractivity contribution in [1.29, 1.82) is 0 Å². The first kappa shape index (κ1) is 12.5. The van der Waals surface area contributed by atoms with Crippen LogP contribution >= 0.6 is 0 Å². The van der Waals surface area contributed by atoms with Gasteiger partial charge in [0.05, 0.1) is 6.04 Å². The molecule has 0 spiro atoms. The lowest BCUT2D eigenvalue weighted by atomic mass is 9.87. The summed E-state index contributed by atoms with van der Waals surface area (Å²) in [4.78, 5) is 11.8. The quantitative estimate of drug-likeness (QED) is 0.744. The molecule has 1 amide bonds. The van der Waals surface area contributed by atoms with Crippen molar-refractivity contribution >= 4 is 5.91 Å². The van der Waals surface area contributed by atoms with Gasteiger partial charge in [0.15, 0.2) is 0 Å². The molecule has 1 rings (SSSR count). The van der Waals surface area contributed by atoms with Gasteiger partial charge in [0, 0.05) is 6.04 Å². The molecule has 0 bridgehead atoms. The van der Waals surface area contributed by atoms with E-state index in [1.54, 1.807) is 0 Å². The lowest BCUT2D eigenvalue weighted by molar-refractivity contribution is -0.124. The number of rotatable bonds is 4. The third-order valence-electron chi connectivity index (χ3n) is 3.13. The Morgan fingerprint density at radius 1 is 1.53 bits per heavy atom. The average molecular weight is 212 g/mol. The second-order valence-corrected chi connectivity index (χ2v) is 5.74. The summed E-state index contributed by atoms with van der Waals surface area (Å²) in [6.07, 6.45) is 3.55. The largest absolute Gasteiger partial charge is 0.352 e. The molecular weight excluding hydrogens is 188 g/mol. The van der Waals surface area contributed by atoms with Gasteiger partial charge in [-0.3, -0.25) is 4.79 Å². The first-order chi connectivity index (χ1) is 6.86. The van der Waals surface area contributed by atoms with Crippen molar-refractivity contribution in [3.05, 3.63) is 0 Å². The van der Waals surface area contributed by atoms with Gasteiger partial charge in [-0.05, 0) is 24.2 Å². The molecule has 88 valence electrons.